The first-order valence-corrected chi connectivity index (χ1v) is 7.84. The van der Waals surface area contributed by atoms with Gasteiger partial charge >= 0.3 is 0 Å². The molecule has 0 aliphatic carbocycles. The van der Waals surface area contributed by atoms with E-state index in [1.807, 2.05) is 19.1 Å². The van der Waals surface area contributed by atoms with E-state index in [2.05, 4.69) is 20.0 Å². The maximum Gasteiger partial charge on any atom is 0.133 e. The molecule has 0 spiro atoms. The molecule has 2 saturated heterocycles. The second-order valence-electron chi connectivity index (χ2n) is 6.25. The highest BCUT2D eigenvalue weighted by atomic mass is 16.5. The molecule has 0 bridgehead atoms. The fourth-order valence-corrected chi connectivity index (χ4v) is 3.54. The lowest BCUT2D eigenvalue weighted by Gasteiger charge is -2.33. The van der Waals surface area contributed by atoms with Crippen molar-refractivity contribution >= 4 is 0 Å². The van der Waals surface area contributed by atoms with Gasteiger partial charge in [-0.1, -0.05) is 5.16 Å². The van der Waals surface area contributed by atoms with Crippen molar-refractivity contribution in [2.24, 2.45) is 5.92 Å². The maximum atomic E-state index is 6.25. The largest absolute Gasteiger partial charge is 0.367 e. The van der Waals surface area contributed by atoms with Crippen LogP contribution in [0.15, 0.2) is 29.2 Å². The summed E-state index contributed by atoms with van der Waals surface area (Å²) in [6.07, 6.45) is 6.03. The van der Waals surface area contributed by atoms with E-state index in [4.69, 9.17) is 9.26 Å². The lowest BCUT2D eigenvalue weighted by Crippen LogP contribution is -2.41. The Hall–Kier alpha value is -1.79. The Bertz CT molecular complexity index is 630. The molecule has 2 aromatic rings. The van der Waals surface area contributed by atoms with Crippen LogP contribution in [0, 0.1) is 12.8 Å². The summed E-state index contributed by atoms with van der Waals surface area (Å²) in [4.78, 5) is 10.7. The quantitative estimate of drug-likeness (QED) is 0.865. The first kappa shape index (κ1) is 13.8. The SMILES string of the molecule is Cc1cc(CN2CC[C@H]3C[C@@H](c4ccncn4)O[C@@H]3C2)no1. The van der Waals surface area contributed by atoms with Gasteiger partial charge in [0.05, 0.1) is 17.5 Å². The van der Waals surface area contributed by atoms with Crippen molar-refractivity contribution in [3.63, 3.8) is 0 Å². The fourth-order valence-electron chi connectivity index (χ4n) is 3.54. The standard InChI is InChI=1S/C16H20N4O2/c1-11-6-13(19-22-11)8-20-5-3-12-7-15(21-16(12)9-20)14-2-4-17-10-18-14/h2,4,6,10,12,15-16H,3,5,7-9H2,1H3/t12-,15-,16+/m0/s1. The molecule has 22 heavy (non-hydrogen) atoms. The molecule has 3 atom stereocenters. The van der Waals surface area contributed by atoms with Crippen molar-refractivity contribution in [1.29, 1.82) is 0 Å². The first-order valence-electron chi connectivity index (χ1n) is 7.84. The normalized spacial score (nSPS) is 28.7. The van der Waals surface area contributed by atoms with Gasteiger partial charge in [-0.2, -0.15) is 0 Å². The molecule has 0 unspecified atom stereocenters. The maximum absolute atomic E-state index is 6.25. The van der Waals surface area contributed by atoms with Gasteiger partial charge < -0.3 is 9.26 Å². The lowest BCUT2D eigenvalue weighted by molar-refractivity contribution is -0.0111. The first-order chi connectivity index (χ1) is 10.8. The molecule has 0 radical (unpaired) electrons. The average molecular weight is 300 g/mol. The van der Waals surface area contributed by atoms with Gasteiger partial charge in [-0.3, -0.25) is 4.90 Å². The average Bonchev–Trinajstić information content (AvgIpc) is 3.14. The van der Waals surface area contributed by atoms with Crippen LogP contribution in [0.25, 0.3) is 0 Å². The van der Waals surface area contributed by atoms with Crippen molar-refractivity contribution < 1.29 is 9.26 Å². The summed E-state index contributed by atoms with van der Waals surface area (Å²) in [7, 11) is 0. The summed E-state index contributed by atoms with van der Waals surface area (Å²) in [5.41, 5.74) is 2.00. The van der Waals surface area contributed by atoms with Gasteiger partial charge in [0.1, 0.15) is 18.2 Å². The summed E-state index contributed by atoms with van der Waals surface area (Å²) >= 11 is 0. The Morgan fingerprint density at radius 2 is 2.36 bits per heavy atom. The number of fused-ring (bicyclic) bond motifs is 1. The van der Waals surface area contributed by atoms with Crippen molar-refractivity contribution in [2.45, 2.75) is 38.5 Å². The second-order valence-corrected chi connectivity index (χ2v) is 6.25. The number of nitrogens with zero attached hydrogens (tertiary/aromatic N) is 4. The van der Waals surface area contributed by atoms with E-state index in [9.17, 15) is 0 Å². The van der Waals surface area contributed by atoms with Gasteiger partial charge in [0, 0.05) is 25.4 Å². The van der Waals surface area contributed by atoms with Crippen molar-refractivity contribution in [3.05, 3.63) is 41.8 Å². The molecular weight excluding hydrogens is 280 g/mol. The van der Waals surface area contributed by atoms with Crippen LogP contribution in [0.1, 0.15) is 36.1 Å². The summed E-state index contributed by atoms with van der Waals surface area (Å²) in [6, 6.07) is 3.96. The summed E-state index contributed by atoms with van der Waals surface area (Å²) < 4.78 is 11.4. The van der Waals surface area contributed by atoms with Crippen LogP contribution in [0.5, 0.6) is 0 Å². The smallest absolute Gasteiger partial charge is 0.133 e. The van der Waals surface area contributed by atoms with E-state index >= 15 is 0 Å². The van der Waals surface area contributed by atoms with Crippen molar-refractivity contribution in [3.8, 4) is 0 Å². The monoisotopic (exact) mass is 300 g/mol. The number of hydrogen-bond acceptors (Lipinski definition) is 6. The van der Waals surface area contributed by atoms with Crippen LogP contribution < -0.4 is 0 Å². The molecule has 2 aromatic heterocycles. The second kappa shape index (κ2) is 5.78. The molecule has 0 aromatic carbocycles. The molecule has 2 fully saturated rings. The van der Waals surface area contributed by atoms with E-state index in [0.717, 1.165) is 43.2 Å². The summed E-state index contributed by atoms with van der Waals surface area (Å²) in [5, 5.41) is 4.08. The van der Waals surface area contributed by atoms with Crippen molar-refractivity contribution in [1.82, 2.24) is 20.0 Å². The number of aromatic nitrogens is 3. The lowest BCUT2D eigenvalue weighted by atomic mass is 9.91. The molecule has 4 heterocycles. The van der Waals surface area contributed by atoms with E-state index in [-0.39, 0.29) is 6.10 Å². The minimum Gasteiger partial charge on any atom is -0.367 e. The fraction of sp³-hybridized carbons (Fsp3) is 0.562. The molecule has 0 amide bonds. The van der Waals surface area contributed by atoms with Gasteiger partial charge in [-0.15, -0.1) is 0 Å². The zero-order valence-electron chi connectivity index (χ0n) is 12.7. The predicted molar refractivity (Wildman–Crippen MR) is 78.9 cm³/mol. The highest BCUT2D eigenvalue weighted by Gasteiger charge is 2.40. The molecule has 2 aliphatic heterocycles. The third-order valence-electron chi connectivity index (χ3n) is 4.63. The van der Waals surface area contributed by atoms with Gasteiger partial charge in [0.15, 0.2) is 0 Å². The van der Waals surface area contributed by atoms with Crippen LogP contribution >= 0.6 is 0 Å². The Balaban J connectivity index is 1.39. The minimum absolute atomic E-state index is 0.118. The number of aryl methyl sites for hydroxylation is 1. The number of likely N-dealkylation sites (tertiary alicyclic amines) is 1. The number of rotatable bonds is 3. The molecular formula is C16H20N4O2. The minimum atomic E-state index is 0.118. The van der Waals surface area contributed by atoms with Crippen LogP contribution in [-0.2, 0) is 11.3 Å². The molecule has 2 aliphatic rings. The highest BCUT2D eigenvalue weighted by molar-refractivity contribution is 5.07. The van der Waals surface area contributed by atoms with Crippen LogP contribution in [-0.4, -0.2) is 39.2 Å². The number of hydrogen-bond donors (Lipinski definition) is 0. The van der Waals surface area contributed by atoms with E-state index in [1.165, 1.54) is 6.42 Å². The predicted octanol–water partition coefficient (Wildman–Crippen LogP) is 2.13. The molecule has 116 valence electrons. The molecule has 4 rings (SSSR count). The summed E-state index contributed by atoms with van der Waals surface area (Å²) in [5.74, 6) is 1.50. The molecule has 0 saturated carbocycles. The van der Waals surface area contributed by atoms with Crippen molar-refractivity contribution in [2.75, 3.05) is 13.1 Å². The van der Waals surface area contributed by atoms with Gasteiger partial charge in [0.25, 0.3) is 0 Å². The van der Waals surface area contributed by atoms with E-state index in [1.54, 1.807) is 12.5 Å². The van der Waals surface area contributed by atoms with Gasteiger partial charge in [0.2, 0.25) is 0 Å². The Morgan fingerprint density at radius 3 is 3.14 bits per heavy atom. The third-order valence-corrected chi connectivity index (χ3v) is 4.63. The van der Waals surface area contributed by atoms with E-state index in [0.29, 0.717) is 12.0 Å². The molecule has 6 heteroatoms. The zero-order chi connectivity index (χ0) is 14.9. The Morgan fingerprint density at radius 1 is 1.41 bits per heavy atom. The molecule has 0 N–H and O–H groups in total. The Kier molecular flexibility index (Phi) is 3.63. The van der Waals surface area contributed by atoms with Crippen LogP contribution in [0.4, 0.5) is 0 Å². The third kappa shape index (κ3) is 2.76. The van der Waals surface area contributed by atoms with E-state index < -0.39 is 0 Å². The summed E-state index contributed by atoms with van der Waals surface area (Å²) in [6.45, 7) is 4.81. The zero-order valence-corrected chi connectivity index (χ0v) is 12.7. The Labute approximate surface area is 129 Å². The van der Waals surface area contributed by atoms with Crippen LogP contribution in [0.3, 0.4) is 0 Å². The van der Waals surface area contributed by atoms with Gasteiger partial charge in [-0.05, 0) is 38.3 Å². The molecule has 6 nitrogen and oxygen atoms in total. The topological polar surface area (TPSA) is 64.3 Å². The highest BCUT2D eigenvalue weighted by Crippen LogP contribution is 2.40. The number of ether oxygens (including phenoxy) is 1. The van der Waals surface area contributed by atoms with Crippen LogP contribution in [0.2, 0.25) is 0 Å². The number of piperidine rings is 1. The van der Waals surface area contributed by atoms with Gasteiger partial charge in [-0.25, -0.2) is 9.97 Å².